The van der Waals surface area contributed by atoms with Crippen LogP contribution in [-0.2, 0) is 37.4 Å². The molecule has 3 rings (SSSR count). The van der Waals surface area contributed by atoms with E-state index < -0.39 is 28.1 Å². The minimum atomic E-state index is -3.96. The number of ether oxygens (including phenoxy) is 2. The maximum atomic E-state index is 12.5. The van der Waals surface area contributed by atoms with E-state index >= 15 is 0 Å². The average molecular weight is 498 g/mol. The molecule has 1 N–H and O–H groups in total. The molecule has 184 valence electrons. The van der Waals surface area contributed by atoms with Gasteiger partial charge in [0.2, 0.25) is 0 Å². The number of esters is 1. The van der Waals surface area contributed by atoms with Crippen LogP contribution >= 0.6 is 0 Å². The van der Waals surface area contributed by atoms with Crippen molar-refractivity contribution in [2.45, 2.75) is 24.8 Å². The Balaban J connectivity index is 1.56. The van der Waals surface area contributed by atoms with Gasteiger partial charge in [0.05, 0.1) is 13.0 Å². The Morgan fingerprint density at radius 2 is 1.54 bits per heavy atom. The molecule has 0 saturated heterocycles. The number of amides is 1. The molecule has 0 aromatic heterocycles. The zero-order valence-electron chi connectivity index (χ0n) is 19.5. The zero-order chi connectivity index (χ0) is 25.3. The van der Waals surface area contributed by atoms with Crippen LogP contribution in [0.4, 0.5) is 4.79 Å². The number of hydrogen-bond acceptors (Lipinski definition) is 7. The van der Waals surface area contributed by atoms with Crippen LogP contribution in [0.25, 0.3) is 0 Å². The molecule has 0 radical (unpaired) electrons. The smallest absolute Gasteiger partial charge is 0.407 e. The lowest BCUT2D eigenvalue weighted by atomic mass is 9.99. The first-order chi connectivity index (χ1) is 16.8. The Kier molecular flexibility index (Phi) is 8.86. The second-order valence-electron chi connectivity index (χ2n) is 7.86. The molecule has 0 fully saturated rings. The Hall–Kier alpha value is -3.85. The van der Waals surface area contributed by atoms with Crippen molar-refractivity contribution in [3.8, 4) is 5.75 Å². The standard InChI is InChI=1S/C26H27NO7S/c1-19-8-14-24(15-9-19)35(30,31)34-23-12-10-20(11-13-23)16-22(25(28)32-2)17-27-26(29)33-18-21-6-4-3-5-7-21/h3-15,22H,16-18H2,1-2H3,(H,27,29). The molecule has 3 aromatic carbocycles. The molecule has 0 aliphatic heterocycles. The first-order valence-corrected chi connectivity index (χ1v) is 12.3. The second-order valence-corrected chi connectivity index (χ2v) is 9.41. The van der Waals surface area contributed by atoms with Crippen LogP contribution in [0.3, 0.4) is 0 Å². The number of benzene rings is 3. The van der Waals surface area contributed by atoms with Crippen molar-refractivity contribution in [1.82, 2.24) is 5.32 Å². The third-order valence-corrected chi connectivity index (χ3v) is 6.42. The molecule has 3 aromatic rings. The van der Waals surface area contributed by atoms with Crippen LogP contribution in [0.1, 0.15) is 16.7 Å². The third-order valence-electron chi connectivity index (χ3n) is 5.16. The molecule has 9 heteroatoms. The topological polar surface area (TPSA) is 108 Å². The van der Waals surface area contributed by atoms with Gasteiger partial charge in [-0.15, -0.1) is 0 Å². The average Bonchev–Trinajstić information content (AvgIpc) is 2.86. The van der Waals surface area contributed by atoms with E-state index in [-0.39, 0.29) is 30.2 Å². The quantitative estimate of drug-likeness (QED) is 0.333. The molecule has 0 heterocycles. The summed E-state index contributed by atoms with van der Waals surface area (Å²) in [6.07, 6.45) is -0.385. The van der Waals surface area contributed by atoms with Gasteiger partial charge in [-0.1, -0.05) is 60.2 Å². The zero-order valence-corrected chi connectivity index (χ0v) is 20.3. The lowest BCUT2D eigenvalue weighted by molar-refractivity contribution is -0.145. The lowest BCUT2D eigenvalue weighted by Crippen LogP contribution is -2.35. The molecule has 1 amide bonds. The Morgan fingerprint density at radius 1 is 0.886 bits per heavy atom. The molecular formula is C26H27NO7S. The van der Waals surface area contributed by atoms with Crippen LogP contribution in [0.5, 0.6) is 5.75 Å². The second kappa shape index (κ2) is 12.0. The van der Waals surface area contributed by atoms with E-state index in [0.29, 0.717) is 0 Å². The van der Waals surface area contributed by atoms with E-state index in [9.17, 15) is 18.0 Å². The molecule has 0 aliphatic carbocycles. The first-order valence-electron chi connectivity index (χ1n) is 10.9. The van der Waals surface area contributed by atoms with Crippen LogP contribution in [0.15, 0.2) is 83.8 Å². The van der Waals surface area contributed by atoms with Crippen molar-refractivity contribution < 1.29 is 31.7 Å². The van der Waals surface area contributed by atoms with Gasteiger partial charge in [0.15, 0.2) is 0 Å². The van der Waals surface area contributed by atoms with Crippen LogP contribution in [0, 0.1) is 12.8 Å². The molecule has 1 unspecified atom stereocenters. The van der Waals surface area contributed by atoms with Gasteiger partial charge < -0.3 is 19.0 Å². The summed E-state index contributed by atoms with van der Waals surface area (Å²) in [6, 6.07) is 21.9. The number of carbonyl (C=O) groups excluding carboxylic acids is 2. The van der Waals surface area contributed by atoms with E-state index in [1.54, 1.807) is 24.3 Å². The van der Waals surface area contributed by atoms with Crippen LogP contribution < -0.4 is 9.50 Å². The predicted molar refractivity (Wildman–Crippen MR) is 129 cm³/mol. The normalized spacial score (nSPS) is 11.8. The molecule has 0 saturated carbocycles. The largest absolute Gasteiger partial charge is 0.469 e. The van der Waals surface area contributed by atoms with Crippen molar-refractivity contribution in [1.29, 1.82) is 0 Å². The fourth-order valence-electron chi connectivity index (χ4n) is 3.23. The minimum absolute atomic E-state index is 0.0142. The molecular weight excluding hydrogens is 470 g/mol. The Bertz CT molecular complexity index is 1220. The van der Waals surface area contributed by atoms with Crippen molar-refractivity contribution in [2.24, 2.45) is 5.92 Å². The summed E-state index contributed by atoms with van der Waals surface area (Å²) < 4.78 is 40.2. The summed E-state index contributed by atoms with van der Waals surface area (Å²) in [4.78, 5) is 24.3. The number of carbonyl (C=O) groups is 2. The number of alkyl carbamates (subject to hydrolysis) is 1. The monoisotopic (exact) mass is 497 g/mol. The molecule has 0 bridgehead atoms. The fraction of sp³-hybridized carbons (Fsp3) is 0.231. The third kappa shape index (κ3) is 7.86. The van der Waals surface area contributed by atoms with E-state index in [1.165, 1.54) is 31.4 Å². The van der Waals surface area contributed by atoms with Gasteiger partial charge in [0.1, 0.15) is 17.3 Å². The van der Waals surface area contributed by atoms with Gasteiger partial charge in [0, 0.05) is 6.54 Å². The van der Waals surface area contributed by atoms with Crippen molar-refractivity contribution in [3.63, 3.8) is 0 Å². The number of hydrogen-bond donors (Lipinski definition) is 1. The van der Waals surface area contributed by atoms with Crippen molar-refractivity contribution in [3.05, 3.63) is 95.6 Å². The summed E-state index contributed by atoms with van der Waals surface area (Å²) in [7, 11) is -2.69. The minimum Gasteiger partial charge on any atom is -0.469 e. The van der Waals surface area contributed by atoms with Crippen LogP contribution in [-0.4, -0.2) is 34.1 Å². The maximum Gasteiger partial charge on any atom is 0.407 e. The van der Waals surface area contributed by atoms with Crippen molar-refractivity contribution in [2.75, 3.05) is 13.7 Å². The fourth-order valence-corrected chi connectivity index (χ4v) is 4.16. The Labute approximate surface area is 205 Å². The summed E-state index contributed by atoms with van der Waals surface area (Å²) >= 11 is 0. The molecule has 0 spiro atoms. The highest BCUT2D eigenvalue weighted by Crippen LogP contribution is 2.21. The summed E-state index contributed by atoms with van der Waals surface area (Å²) in [6.45, 7) is 1.99. The van der Waals surface area contributed by atoms with Gasteiger partial charge >= 0.3 is 22.2 Å². The van der Waals surface area contributed by atoms with E-state index in [1.807, 2.05) is 37.3 Å². The van der Waals surface area contributed by atoms with Crippen molar-refractivity contribution >= 4 is 22.2 Å². The number of rotatable bonds is 10. The molecule has 1 atom stereocenters. The maximum absolute atomic E-state index is 12.5. The summed E-state index contributed by atoms with van der Waals surface area (Å²) in [5.74, 6) is -1.01. The number of nitrogens with one attached hydrogen (secondary N) is 1. The van der Waals surface area contributed by atoms with Crippen LogP contribution in [0.2, 0.25) is 0 Å². The predicted octanol–water partition coefficient (Wildman–Crippen LogP) is 4.02. The molecule has 8 nitrogen and oxygen atoms in total. The van der Waals surface area contributed by atoms with Gasteiger partial charge in [-0.25, -0.2) is 4.79 Å². The SMILES string of the molecule is COC(=O)C(CNC(=O)OCc1ccccc1)Cc1ccc(OS(=O)(=O)c2ccc(C)cc2)cc1. The number of aryl methyl sites for hydroxylation is 1. The summed E-state index contributed by atoms with van der Waals surface area (Å²) in [5.41, 5.74) is 2.52. The lowest BCUT2D eigenvalue weighted by Gasteiger charge is -2.16. The number of methoxy groups -OCH3 is 1. The molecule has 0 aliphatic rings. The highest BCUT2D eigenvalue weighted by molar-refractivity contribution is 7.87. The van der Waals surface area contributed by atoms with Gasteiger partial charge in [-0.3, -0.25) is 4.79 Å². The van der Waals surface area contributed by atoms with Gasteiger partial charge in [0.25, 0.3) is 0 Å². The van der Waals surface area contributed by atoms with E-state index in [2.05, 4.69) is 5.32 Å². The Morgan fingerprint density at radius 3 is 2.17 bits per heavy atom. The van der Waals surface area contributed by atoms with E-state index in [4.69, 9.17) is 13.7 Å². The highest BCUT2D eigenvalue weighted by atomic mass is 32.2. The summed E-state index contributed by atoms with van der Waals surface area (Å²) in [5, 5.41) is 2.59. The highest BCUT2D eigenvalue weighted by Gasteiger charge is 2.22. The molecule has 35 heavy (non-hydrogen) atoms. The van der Waals surface area contributed by atoms with Gasteiger partial charge in [-0.2, -0.15) is 8.42 Å². The van der Waals surface area contributed by atoms with E-state index in [0.717, 1.165) is 16.7 Å². The first kappa shape index (κ1) is 25.8. The van der Waals surface area contributed by atoms with Gasteiger partial charge in [-0.05, 0) is 48.7 Å².